The first-order valence-corrected chi connectivity index (χ1v) is 7.12. The molecule has 4 heteroatoms. The molecule has 0 heterocycles. The number of aliphatic hydroxyl groups is 1. The second-order valence-electron chi connectivity index (χ2n) is 5.14. The van der Waals surface area contributed by atoms with Gasteiger partial charge in [0.2, 0.25) is 0 Å². The van der Waals surface area contributed by atoms with Crippen LogP contribution >= 0.6 is 0 Å². The molecule has 112 valence electrons. The molecule has 1 fully saturated rings. The molecule has 2 rings (SSSR count). The Bertz CT molecular complexity index is 543. The van der Waals surface area contributed by atoms with E-state index < -0.39 is 5.60 Å². The molecule has 0 spiro atoms. The van der Waals surface area contributed by atoms with Gasteiger partial charge in [-0.25, -0.2) is 0 Å². The van der Waals surface area contributed by atoms with E-state index in [1.807, 2.05) is 0 Å². The maximum absolute atomic E-state index is 10.9. The summed E-state index contributed by atoms with van der Waals surface area (Å²) in [6, 6.07) is 6.98. The molecule has 1 aliphatic rings. The summed E-state index contributed by atoms with van der Waals surface area (Å²) < 4.78 is 10.8. The number of aldehydes is 1. The fraction of sp³-hybridized carbons (Fsp3) is 0.471. The number of methoxy groups -OCH3 is 1. The number of ether oxygens (including phenoxy) is 2. The second kappa shape index (κ2) is 7.26. The summed E-state index contributed by atoms with van der Waals surface area (Å²) in [5.74, 6) is 6.22. The van der Waals surface area contributed by atoms with Gasteiger partial charge in [0.15, 0.2) is 11.9 Å². The summed E-state index contributed by atoms with van der Waals surface area (Å²) in [5, 5.41) is 10.5. The minimum Gasteiger partial charge on any atom is -0.480 e. The number of para-hydroxylation sites is 1. The Balaban J connectivity index is 1.98. The van der Waals surface area contributed by atoms with Gasteiger partial charge in [-0.15, -0.1) is 0 Å². The zero-order chi connectivity index (χ0) is 15.1. The van der Waals surface area contributed by atoms with Crippen LogP contribution in [0.1, 0.15) is 36.0 Å². The quantitative estimate of drug-likeness (QED) is 0.681. The van der Waals surface area contributed by atoms with E-state index in [-0.39, 0.29) is 12.7 Å². The van der Waals surface area contributed by atoms with Crippen LogP contribution in [0.2, 0.25) is 0 Å². The number of carbonyl (C=O) groups excluding carboxylic acids is 1. The second-order valence-corrected chi connectivity index (χ2v) is 5.14. The maximum atomic E-state index is 10.9. The molecule has 0 amide bonds. The van der Waals surface area contributed by atoms with Crippen LogP contribution in [0.25, 0.3) is 0 Å². The molecule has 1 aliphatic carbocycles. The summed E-state index contributed by atoms with van der Waals surface area (Å²) in [7, 11) is 1.60. The lowest BCUT2D eigenvalue weighted by Crippen LogP contribution is -2.44. The lowest BCUT2D eigenvalue weighted by atomic mass is 9.82. The smallest absolute Gasteiger partial charge is 0.153 e. The fourth-order valence-electron chi connectivity index (χ4n) is 2.59. The Morgan fingerprint density at radius 3 is 3.00 bits per heavy atom. The van der Waals surface area contributed by atoms with Crippen LogP contribution in [-0.4, -0.2) is 36.8 Å². The van der Waals surface area contributed by atoms with Gasteiger partial charge in [-0.3, -0.25) is 4.79 Å². The van der Waals surface area contributed by atoms with Crippen molar-refractivity contribution in [2.75, 3.05) is 13.7 Å². The van der Waals surface area contributed by atoms with E-state index in [4.69, 9.17) is 9.47 Å². The van der Waals surface area contributed by atoms with Crippen molar-refractivity contribution >= 4 is 6.29 Å². The number of hydrogen-bond acceptors (Lipinski definition) is 4. The lowest BCUT2D eigenvalue weighted by molar-refractivity contribution is -0.0796. The molecule has 2 atom stereocenters. The summed E-state index contributed by atoms with van der Waals surface area (Å²) >= 11 is 0. The van der Waals surface area contributed by atoms with Gasteiger partial charge in [0.05, 0.1) is 11.7 Å². The first-order chi connectivity index (χ1) is 10.2. The molecule has 0 aliphatic heterocycles. The molecule has 0 aromatic heterocycles. The van der Waals surface area contributed by atoms with Gasteiger partial charge in [-0.1, -0.05) is 30.4 Å². The molecule has 0 saturated heterocycles. The topological polar surface area (TPSA) is 55.8 Å². The zero-order valence-electron chi connectivity index (χ0n) is 12.2. The molecule has 1 saturated carbocycles. The molecule has 4 nitrogen and oxygen atoms in total. The first kappa shape index (κ1) is 15.6. The Kier molecular flexibility index (Phi) is 5.38. The van der Waals surface area contributed by atoms with Crippen LogP contribution in [0, 0.1) is 11.8 Å². The monoisotopic (exact) mass is 288 g/mol. The van der Waals surface area contributed by atoms with Crippen molar-refractivity contribution in [2.45, 2.75) is 37.4 Å². The van der Waals surface area contributed by atoms with Crippen LogP contribution in [0.4, 0.5) is 0 Å². The standard InChI is InChI=1S/C17H20O4/c1-20-16-9-4-5-10-17(16,19)11-6-12-21-15-8-3-2-7-14(15)13-18/h2-3,7-8,13,16,19H,4-5,9-10,12H2,1H3. The van der Waals surface area contributed by atoms with E-state index in [1.165, 1.54) is 0 Å². The van der Waals surface area contributed by atoms with Crippen LogP contribution in [0.15, 0.2) is 24.3 Å². The van der Waals surface area contributed by atoms with Gasteiger partial charge < -0.3 is 14.6 Å². The van der Waals surface area contributed by atoms with Crippen molar-refractivity contribution in [3.63, 3.8) is 0 Å². The highest BCUT2D eigenvalue weighted by Crippen LogP contribution is 2.29. The molecule has 0 bridgehead atoms. The fourth-order valence-corrected chi connectivity index (χ4v) is 2.59. The molecular weight excluding hydrogens is 268 g/mol. The van der Waals surface area contributed by atoms with Crippen molar-refractivity contribution < 1.29 is 19.4 Å². The molecule has 1 aromatic carbocycles. The van der Waals surface area contributed by atoms with Gasteiger partial charge >= 0.3 is 0 Å². The maximum Gasteiger partial charge on any atom is 0.153 e. The first-order valence-electron chi connectivity index (χ1n) is 7.12. The van der Waals surface area contributed by atoms with Crippen molar-refractivity contribution in [3.05, 3.63) is 29.8 Å². The molecule has 21 heavy (non-hydrogen) atoms. The van der Waals surface area contributed by atoms with Gasteiger partial charge in [0.1, 0.15) is 12.4 Å². The largest absolute Gasteiger partial charge is 0.480 e. The van der Waals surface area contributed by atoms with Crippen LogP contribution < -0.4 is 4.74 Å². The minimum absolute atomic E-state index is 0.129. The Morgan fingerprint density at radius 1 is 1.43 bits per heavy atom. The molecular formula is C17H20O4. The van der Waals surface area contributed by atoms with Crippen LogP contribution in [0.5, 0.6) is 5.75 Å². The van der Waals surface area contributed by atoms with Gasteiger partial charge in [-0.05, 0) is 31.4 Å². The van der Waals surface area contributed by atoms with E-state index in [0.717, 1.165) is 25.5 Å². The van der Waals surface area contributed by atoms with Crippen molar-refractivity contribution in [1.29, 1.82) is 0 Å². The van der Waals surface area contributed by atoms with Gasteiger partial charge in [-0.2, -0.15) is 0 Å². The summed E-state index contributed by atoms with van der Waals surface area (Å²) in [5.41, 5.74) is -0.606. The van der Waals surface area contributed by atoms with E-state index >= 15 is 0 Å². The average molecular weight is 288 g/mol. The highest BCUT2D eigenvalue weighted by atomic mass is 16.5. The van der Waals surface area contributed by atoms with E-state index in [2.05, 4.69) is 11.8 Å². The van der Waals surface area contributed by atoms with Gasteiger partial charge in [0.25, 0.3) is 0 Å². The normalized spacial score (nSPS) is 24.8. The number of hydrogen-bond donors (Lipinski definition) is 1. The van der Waals surface area contributed by atoms with Crippen molar-refractivity contribution in [3.8, 4) is 17.6 Å². The molecule has 0 radical (unpaired) electrons. The van der Waals surface area contributed by atoms with Crippen molar-refractivity contribution in [1.82, 2.24) is 0 Å². The van der Waals surface area contributed by atoms with E-state index in [1.54, 1.807) is 31.4 Å². The number of benzene rings is 1. The van der Waals surface area contributed by atoms with E-state index in [0.29, 0.717) is 17.7 Å². The molecule has 1 aromatic rings. The summed E-state index contributed by atoms with van der Waals surface area (Å²) in [6.07, 6.45) is 3.92. The van der Waals surface area contributed by atoms with E-state index in [9.17, 15) is 9.90 Å². The highest BCUT2D eigenvalue weighted by Gasteiger charge is 2.37. The van der Waals surface area contributed by atoms with Crippen LogP contribution in [0.3, 0.4) is 0 Å². The minimum atomic E-state index is -1.10. The summed E-state index contributed by atoms with van der Waals surface area (Å²) in [4.78, 5) is 10.9. The lowest BCUT2D eigenvalue weighted by Gasteiger charge is -2.34. The Hall–Kier alpha value is -1.83. The third-order valence-corrected chi connectivity index (χ3v) is 3.74. The Morgan fingerprint density at radius 2 is 2.24 bits per heavy atom. The molecule has 1 N–H and O–H groups in total. The highest BCUT2D eigenvalue weighted by molar-refractivity contribution is 5.79. The average Bonchev–Trinajstić information content (AvgIpc) is 2.52. The van der Waals surface area contributed by atoms with Crippen LogP contribution in [-0.2, 0) is 4.74 Å². The summed E-state index contributed by atoms with van der Waals surface area (Å²) in [6.45, 7) is 0.129. The van der Waals surface area contributed by atoms with Gasteiger partial charge in [0, 0.05) is 7.11 Å². The third-order valence-electron chi connectivity index (χ3n) is 3.74. The Labute approximate surface area is 125 Å². The molecule has 2 unspecified atom stereocenters. The SMILES string of the molecule is COC1CCCCC1(O)C#CCOc1ccccc1C=O. The number of rotatable bonds is 4. The number of carbonyl (C=O) groups is 1. The van der Waals surface area contributed by atoms with Crippen molar-refractivity contribution in [2.24, 2.45) is 0 Å². The predicted molar refractivity (Wildman–Crippen MR) is 79.3 cm³/mol. The third kappa shape index (κ3) is 3.84. The predicted octanol–water partition coefficient (Wildman–Crippen LogP) is 2.20. The zero-order valence-corrected chi connectivity index (χ0v) is 12.2.